The van der Waals surface area contributed by atoms with Crippen molar-refractivity contribution in [2.45, 2.75) is 26.4 Å². The summed E-state index contributed by atoms with van der Waals surface area (Å²) < 4.78 is 0. The number of aromatic amines is 1. The number of fused-ring (bicyclic) bond motifs is 1. The lowest BCUT2D eigenvalue weighted by molar-refractivity contribution is 0.0621. The van der Waals surface area contributed by atoms with Gasteiger partial charge in [-0.1, -0.05) is 24.3 Å². The van der Waals surface area contributed by atoms with Crippen LogP contribution in [0.3, 0.4) is 0 Å². The Bertz CT molecular complexity index is 761. The predicted octanol–water partition coefficient (Wildman–Crippen LogP) is 1.32. The van der Waals surface area contributed by atoms with Crippen LogP contribution >= 0.6 is 0 Å². The van der Waals surface area contributed by atoms with Gasteiger partial charge in [-0.3, -0.25) is 14.8 Å². The van der Waals surface area contributed by atoms with Crippen LogP contribution < -0.4 is 5.32 Å². The van der Waals surface area contributed by atoms with E-state index in [1.165, 1.54) is 11.1 Å². The van der Waals surface area contributed by atoms with Crippen LogP contribution in [0.4, 0.5) is 0 Å². The predicted molar refractivity (Wildman–Crippen MR) is 96.4 cm³/mol. The van der Waals surface area contributed by atoms with E-state index in [4.69, 9.17) is 0 Å². The lowest BCUT2D eigenvalue weighted by atomic mass is 10.1. The fourth-order valence-corrected chi connectivity index (χ4v) is 3.69. The summed E-state index contributed by atoms with van der Waals surface area (Å²) in [5, 5.41) is 10.7. The van der Waals surface area contributed by atoms with Crippen LogP contribution in [-0.4, -0.2) is 58.6 Å². The van der Waals surface area contributed by atoms with E-state index >= 15 is 0 Å². The molecule has 0 saturated carbocycles. The van der Waals surface area contributed by atoms with E-state index in [0.717, 1.165) is 63.5 Å². The van der Waals surface area contributed by atoms with Crippen LogP contribution in [0, 0.1) is 6.92 Å². The molecule has 0 unspecified atom stereocenters. The Morgan fingerprint density at radius 2 is 2.00 bits per heavy atom. The van der Waals surface area contributed by atoms with Crippen molar-refractivity contribution in [1.82, 2.24) is 25.3 Å². The first kappa shape index (κ1) is 16.3. The number of aromatic nitrogens is 2. The SMILES string of the molecule is Cc1ccccc1CN1CCN(C(=O)c2n[nH]c3c2CNCC3)CC1. The van der Waals surface area contributed by atoms with Gasteiger partial charge in [0.1, 0.15) is 0 Å². The Labute approximate surface area is 148 Å². The maximum atomic E-state index is 12.8. The standard InChI is InChI=1S/C19H25N5O/c1-14-4-2-3-5-15(14)13-23-8-10-24(11-9-23)19(25)18-16-12-20-7-6-17(16)21-22-18/h2-5,20H,6-13H2,1H3,(H,21,22). The van der Waals surface area contributed by atoms with Crippen molar-refractivity contribution in [3.05, 3.63) is 52.3 Å². The highest BCUT2D eigenvalue weighted by molar-refractivity contribution is 5.94. The lowest BCUT2D eigenvalue weighted by Crippen LogP contribution is -2.48. The molecule has 6 nitrogen and oxygen atoms in total. The number of amides is 1. The van der Waals surface area contributed by atoms with Gasteiger partial charge < -0.3 is 10.2 Å². The molecule has 0 atom stereocenters. The molecule has 1 aromatic heterocycles. The number of rotatable bonds is 3. The Morgan fingerprint density at radius 3 is 2.80 bits per heavy atom. The number of carbonyl (C=O) groups excluding carboxylic acids is 1. The van der Waals surface area contributed by atoms with Gasteiger partial charge >= 0.3 is 0 Å². The Kier molecular flexibility index (Phi) is 4.55. The molecule has 3 heterocycles. The topological polar surface area (TPSA) is 64.3 Å². The number of carbonyl (C=O) groups is 1. The number of hydrogen-bond acceptors (Lipinski definition) is 4. The van der Waals surface area contributed by atoms with Gasteiger partial charge in [0.05, 0.1) is 0 Å². The molecule has 0 aliphatic carbocycles. The van der Waals surface area contributed by atoms with Crippen LogP contribution in [0.15, 0.2) is 24.3 Å². The molecule has 1 fully saturated rings. The fourth-order valence-electron chi connectivity index (χ4n) is 3.69. The first-order valence-electron chi connectivity index (χ1n) is 9.05. The maximum Gasteiger partial charge on any atom is 0.274 e. The summed E-state index contributed by atoms with van der Waals surface area (Å²) in [7, 11) is 0. The zero-order valence-electron chi connectivity index (χ0n) is 14.7. The quantitative estimate of drug-likeness (QED) is 0.885. The number of piperazine rings is 1. The van der Waals surface area contributed by atoms with Crippen LogP contribution in [0.25, 0.3) is 0 Å². The van der Waals surface area contributed by atoms with Crippen LogP contribution in [-0.2, 0) is 19.5 Å². The normalized spacial score (nSPS) is 18.2. The third kappa shape index (κ3) is 3.32. The molecule has 2 aromatic rings. The molecule has 1 aromatic carbocycles. The van der Waals surface area contributed by atoms with Crippen molar-refractivity contribution >= 4 is 5.91 Å². The summed E-state index contributed by atoms with van der Waals surface area (Å²) in [5.74, 6) is 0.0664. The van der Waals surface area contributed by atoms with E-state index in [-0.39, 0.29) is 5.91 Å². The molecule has 0 radical (unpaired) electrons. The molecule has 1 saturated heterocycles. The summed E-state index contributed by atoms with van der Waals surface area (Å²) in [4.78, 5) is 17.2. The van der Waals surface area contributed by atoms with Gasteiger partial charge in [-0.05, 0) is 18.1 Å². The van der Waals surface area contributed by atoms with Gasteiger partial charge in [0.2, 0.25) is 0 Å². The molecular formula is C19H25N5O. The molecule has 132 valence electrons. The molecular weight excluding hydrogens is 314 g/mol. The Morgan fingerprint density at radius 1 is 1.20 bits per heavy atom. The number of nitrogens with one attached hydrogen (secondary N) is 2. The van der Waals surface area contributed by atoms with E-state index in [9.17, 15) is 4.79 Å². The van der Waals surface area contributed by atoms with Gasteiger partial charge in [0.25, 0.3) is 5.91 Å². The largest absolute Gasteiger partial charge is 0.335 e. The first-order valence-corrected chi connectivity index (χ1v) is 9.05. The van der Waals surface area contributed by atoms with E-state index in [0.29, 0.717) is 5.69 Å². The van der Waals surface area contributed by atoms with Crippen LogP contribution in [0.2, 0.25) is 0 Å². The first-order chi connectivity index (χ1) is 12.2. The van der Waals surface area contributed by atoms with Gasteiger partial charge in [-0.2, -0.15) is 5.10 Å². The molecule has 25 heavy (non-hydrogen) atoms. The second-order valence-corrected chi connectivity index (χ2v) is 6.95. The summed E-state index contributed by atoms with van der Waals surface area (Å²) in [6, 6.07) is 8.52. The highest BCUT2D eigenvalue weighted by Crippen LogP contribution is 2.18. The van der Waals surface area contributed by atoms with Crippen LogP contribution in [0.1, 0.15) is 32.9 Å². The second-order valence-electron chi connectivity index (χ2n) is 6.95. The number of benzene rings is 1. The molecule has 1 amide bonds. The molecule has 6 heteroatoms. The van der Waals surface area contributed by atoms with Crippen molar-refractivity contribution in [1.29, 1.82) is 0 Å². The van der Waals surface area contributed by atoms with Crippen LogP contribution in [0.5, 0.6) is 0 Å². The minimum Gasteiger partial charge on any atom is -0.335 e. The lowest BCUT2D eigenvalue weighted by Gasteiger charge is -2.34. The molecule has 2 aliphatic heterocycles. The molecule has 2 aliphatic rings. The average molecular weight is 339 g/mol. The third-order valence-electron chi connectivity index (χ3n) is 5.32. The number of hydrogen-bond donors (Lipinski definition) is 2. The summed E-state index contributed by atoms with van der Waals surface area (Å²) in [6.07, 6.45) is 0.916. The monoisotopic (exact) mass is 339 g/mol. The zero-order valence-corrected chi connectivity index (χ0v) is 14.7. The number of aryl methyl sites for hydroxylation is 1. The average Bonchev–Trinajstić information content (AvgIpc) is 3.08. The highest BCUT2D eigenvalue weighted by Gasteiger charge is 2.28. The van der Waals surface area contributed by atoms with Crippen molar-refractivity contribution in [2.24, 2.45) is 0 Å². The molecule has 2 N–H and O–H groups in total. The van der Waals surface area contributed by atoms with E-state index in [2.05, 4.69) is 51.6 Å². The van der Waals surface area contributed by atoms with E-state index in [1.54, 1.807) is 0 Å². The Balaban J connectivity index is 1.38. The third-order valence-corrected chi connectivity index (χ3v) is 5.32. The zero-order chi connectivity index (χ0) is 17.2. The minimum atomic E-state index is 0.0664. The molecule has 0 spiro atoms. The molecule has 4 rings (SSSR count). The summed E-state index contributed by atoms with van der Waals surface area (Å²) >= 11 is 0. The van der Waals surface area contributed by atoms with Gasteiger partial charge in [0, 0.05) is 63.5 Å². The van der Waals surface area contributed by atoms with Crippen molar-refractivity contribution in [2.75, 3.05) is 32.7 Å². The van der Waals surface area contributed by atoms with Crippen molar-refractivity contribution in [3.8, 4) is 0 Å². The van der Waals surface area contributed by atoms with E-state index in [1.807, 2.05) is 4.90 Å². The number of nitrogens with zero attached hydrogens (tertiary/aromatic N) is 3. The smallest absolute Gasteiger partial charge is 0.274 e. The van der Waals surface area contributed by atoms with Crippen molar-refractivity contribution in [3.63, 3.8) is 0 Å². The van der Waals surface area contributed by atoms with Gasteiger partial charge in [-0.25, -0.2) is 0 Å². The van der Waals surface area contributed by atoms with Gasteiger partial charge in [0.15, 0.2) is 5.69 Å². The fraction of sp³-hybridized carbons (Fsp3) is 0.474. The van der Waals surface area contributed by atoms with Crippen molar-refractivity contribution < 1.29 is 4.79 Å². The summed E-state index contributed by atoms with van der Waals surface area (Å²) in [6.45, 7) is 8.14. The Hall–Kier alpha value is -2.18. The summed E-state index contributed by atoms with van der Waals surface area (Å²) in [5.41, 5.74) is 5.47. The minimum absolute atomic E-state index is 0.0664. The van der Waals surface area contributed by atoms with Gasteiger partial charge in [-0.15, -0.1) is 0 Å². The molecule has 0 bridgehead atoms. The van der Waals surface area contributed by atoms with E-state index < -0.39 is 0 Å². The number of H-pyrrole nitrogens is 1. The second kappa shape index (κ2) is 6.98. The maximum absolute atomic E-state index is 12.8. The highest BCUT2D eigenvalue weighted by atomic mass is 16.2.